The van der Waals surface area contributed by atoms with E-state index in [9.17, 15) is 0 Å². The van der Waals surface area contributed by atoms with Crippen LogP contribution in [0.5, 0.6) is 11.6 Å². The summed E-state index contributed by atoms with van der Waals surface area (Å²) in [6.45, 7) is 0.781. The van der Waals surface area contributed by atoms with Gasteiger partial charge in [-0.1, -0.05) is 24.6 Å². The number of benzene rings is 1. The highest BCUT2D eigenvalue weighted by Crippen LogP contribution is 2.30. The van der Waals surface area contributed by atoms with Crippen molar-refractivity contribution in [3.05, 3.63) is 47.4 Å². The SMILES string of the molecule is CNCc1ccccc1Oc1ncnc2c1CCCCC2. The number of nitrogens with zero attached hydrogens (tertiary/aromatic N) is 2. The second kappa shape index (κ2) is 6.68. The fraction of sp³-hybridized carbons (Fsp3) is 0.412. The highest BCUT2D eigenvalue weighted by molar-refractivity contribution is 5.39. The number of ether oxygens (including phenoxy) is 1. The van der Waals surface area contributed by atoms with Crippen LogP contribution in [0.1, 0.15) is 36.1 Å². The van der Waals surface area contributed by atoms with E-state index in [1.165, 1.54) is 24.8 Å². The lowest BCUT2D eigenvalue weighted by molar-refractivity contribution is 0.446. The van der Waals surface area contributed by atoms with Crippen LogP contribution in [-0.2, 0) is 19.4 Å². The van der Waals surface area contributed by atoms with Gasteiger partial charge < -0.3 is 10.1 Å². The summed E-state index contributed by atoms with van der Waals surface area (Å²) in [5.41, 5.74) is 3.49. The highest BCUT2D eigenvalue weighted by Gasteiger charge is 2.16. The van der Waals surface area contributed by atoms with Crippen molar-refractivity contribution in [2.24, 2.45) is 0 Å². The molecule has 21 heavy (non-hydrogen) atoms. The Kier molecular flexibility index (Phi) is 4.46. The number of fused-ring (bicyclic) bond motifs is 1. The zero-order valence-electron chi connectivity index (χ0n) is 12.4. The first-order valence-electron chi connectivity index (χ1n) is 7.61. The topological polar surface area (TPSA) is 47.0 Å². The van der Waals surface area contributed by atoms with Crippen LogP contribution in [0.15, 0.2) is 30.6 Å². The van der Waals surface area contributed by atoms with E-state index >= 15 is 0 Å². The van der Waals surface area contributed by atoms with Crippen LogP contribution in [0, 0.1) is 0 Å². The molecular weight excluding hydrogens is 262 g/mol. The van der Waals surface area contributed by atoms with Crippen molar-refractivity contribution in [3.8, 4) is 11.6 Å². The van der Waals surface area contributed by atoms with Gasteiger partial charge in [0.05, 0.1) is 5.69 Å². The third-order valence-corrected chi connectivity index (χ3v) is 3.88. The standard InChI is InChI=1S/C17H21N3O/c1-18-11-13-7-5-6-10-16(13)21-17-14-8-3-2-4-9-15(14)19-12-20-17/h5-7,10,12,18H,2-4,8-9,11H2,1H3. The molecule has 1 aromatic carbocycles. The molecule has 4 nitrogen and oxygen atoms in total. The van der Waals surface area contributed by atoms with Crippen molar-refractivity contribution < 1.29 is 4.74 Å². The number of aromatic nitrogens is 2. The largest absolute Gasteiger partial charge is 0.438 e. The van der Waals surface area contributed by atoms with Gasteiger partial charge in [0.2, 0.25) is 5.88 Å². The molecular formula is C17H21N3O. The van der Waals surface area contributed by atoms with Crippen molar-refractivity contribution in [1.82, 2.24) is 15.3 Å². The van der Waals surface area contributed by atoms with Crippen LogP contribution in [0.4, 0.5) is 0 Å². The third kappa shape index (κ3) is 3.22. The van der Waals surface area contributed by atoms with Crippen LogP contribution in [-0.4, -0.2) is 17.0 Å². The Bertz CT molecular complexity index is 613. The number of rotatable bonds is 4. The van der Waals surface area contributed by atoms with E-state index in [1.807, 2.05) is 25.2 Å². The summed E-state index contributed by atoms with van der Waals surface area (Å²) < 4.78 is 6.12. The van der Waals surface area contributed by atoms with E-state index in [0.29, 0.717) is 0 Å². The van der Waals surface area contributed by atoms with E-state index < -0.39 is 0 Å². The van der Waals surface area contributed by atoms with Crippen molar-refractivity contribution in [2.75, 3.05) is 7.05 Å². The Morgan fingerprint density at radius 3 is 2.86 bits per heavy atom. The number of hydrogen-bond acceptors (Lipinski definition) is 4. The van der Waals surface area contributed by atoms with Gasteiger partial charge in [-0.05, 0) is 38.8 Å². The lowest BCUT2D eigenvalue weighted by atomic mass is 10.1. The number of para-hydroxylation sites is 1. The minimum absolute atomic E-state index is 0.727. The summed E-state index contributed by atoms with van der Waals surface area (Å²) in [4.78, 5) is 8.81. The van der Waals surface area contributed by atoms with Gasteiger partial charge in [-0.2, -0.15) is 0 Å². The lowest BCUT2D eigenvalue weighted by Crippen LogP contribution is -2.07. The van der Waals surface area contributed by atoms with Crippen molar-refractivity contribution in [2.45, 2.75) is 38.6 Å². The van der Waals surface area contributed by atoms with Gasteiger partial charge in [0.25, 0.3) is 0 Å². The molecule has 1 heterocycles. The molecule has 0 saturated carbocycles. The molecule has 0 unspecified atom stereocenters. The number of hydrogen-bond donors (Lipinski definition) is 1. The van der Waals surface area contributed by atoms with Gasteiger partial charge in [-0.15, -0.1) is 0 Å². The zero-order valence-corrected chi connectivity index (χ0v) is 12.4. The Morgan fingerprint density at radius 1 is 1.10 bits per heavy atom. The van der Waals surface area contributed by atoms with E-state index in [4.69, 9.17) is 4.74 Å². The molecule has 0 aliphatic heterocycles. The maximum absolute atomic E-state index is 6.12. The fourth-order valence-corrected chi connectivity index (χ4v) is 2.80. The molecule has 0 radical (unpaired) electrons. The molecule has 2 aromatic rings. The minimum Gasteiger partial charge on any atom is -0.438 e. The molecule has 3 rings (SSSR count). The first-order valence-corrected chi connectivity index (χ1v) is 7.61. The van der Waals surface area contributed by atoms with Gasteiger partial charge in [0, 0.05) is 17.7 Å². The first-order chi connectivity index (χ1) is 10.4. The average molecular weight is 283 g/mol. The normalized spacial score (nSPS) is 14.3. The van der Waals surface area contributed by atoms with Crippen molar-refractivity contribution in [3.63, 3.8) is 0 Å². The molecule has 0 amide bonds. The number of aryl methyl sites for hydroxylation is 1. The molecule has 1 aliphatic rings. The van der Waals surface area contributed by atoms with Gasteiger partial charge in [0.15, 0.2) is 0 Å². The summed E-state index contributed by atoms with van der Waals surface area (Å²) in [5, 5.41) is 3.17. The Hall–Kier alpha value is -1.94. The van der Waals surface area contributed by atoms with Gasteiger partial charge in [-0.3, -0.25) is 0 Å². The predicted octanol–water partition coefficient (Wildman–Crippen LogP) is 3.26. The Balaban J connectivity index is 1.92. The molecule has 1 aliphatic carbocycles. The molecule has 0 fully saturated rings. The number of nitrogens with one attached hydrogen (secondary N) is 1. The van der Waals surface area contributed by atoms with E-state index in [2.05, 4.69) is 21.4 Å². The van der Waals surface area contributed by atoms with Crippen molar-refractivity contribution in [1.29, 1.82) is 0 Å². The fourth-order valence-electron chi connectivity index (χ4n) is 2.80. The van der Waals surface area contributed by atoms with E-state index in [-0.39, 0.29) is 0 Å². The van der Waals surface area contributed by atoms with Crippen LogP contribution in [0.2, 0.25) is 0 Å². The minimum atomic E-state index is 0.727. The van der Waals surface area contributed by atoms with Crippen LogP contribution in [0.25, 0.3) is 0 Å². The van der Waals surface area contributed by atoms with Gasteiger partial charge >= 0.3 is 0 Å². The summed E-state index contributed by atoms with van der Waals surface area (Å²) >= 11 is 0. The van der Waals surface area contributed by atoms with Gasteiger partial charge in [-0.25, -0.2) is 9.97 Å². The lowest BCUT2D eigenvalue weighted by Gasteiger charge is -2.14. The molecule has 0 saturated heterocycles. The predicted molar refractivity (Wildman–Crippen MR) is 82.6 cm³/mol. The summed E-state index contributed by atoms with van der Waals surface area (Å²) in [5.74, 6) is 1.60. The molecule has 110 valence electrons. The molecule has 0 bridgehead atoms. The average Bonchev–Trinajstić information content (AvgIpc) is 2.76. The molecule has 0 spiro atoms. The molecule has 0 atom stereocenters. The van der Waals surface area contributed by atoms with E-state index in [0.717, 1.165) is 42.3 Å². The second-order valence-electron chi connectivity index (χ2n) is 5.40. The quantitative estimate of drug-likeness (QED) is 0.875. The summed E-state index contributed by atoms with van der Waals surface area (Å²) in [7, 11) is 1.94. The monoisotopic (exact) mass is 283 g/mol. The molecule has 1 aromatic heterocycles. The summed E-state index contributed by atoms with van der Waals surface area (Å²) in [6, 6.07) is 8.10. The van der Waals surface area contributed by atoms with E-state index in [1.54, 1.807) is 6.33 Å². The van der Waals surface area contributed by atoms with Crippen LogP contribution < -0.4 is 10.1 Å². The van der Waals surface area contributed by atoms with Crippen LogP contribution >= 0.6 is 0 Å². The highest BCUT2D eigenvalue weighted by atomic mass is 16.5. The Morgan fingerprint density at radius 2 is 1.95 bits per heavy atom. The smallest absolute Gasteiger partial charge is 0.225 e. The first kappa shape index (κ1) is 14.0. The summed E-state index contributed by atoms with van der Waals surface area (Å²) in [6.07, 6.45) is 7.33. The second-order valence-corrected chi connectivity index (χ2v) is 5.40. The maximum atomic E-state index is 6.12. The van der Waals surface area contributed by atoms with Crippen molar-refractivity contribution >= 4 is 0 Å². The third-order valence-electron chi connectivity index (χ3n) is 3.88. The molecule has 1 N–H and O–H groups in total. The Labute approximate surface area is 125 Å². The van der Waals surface area contributed by atoms with Gasteiger partial charge in [0.1, 0.15) is 12.1 Å². The zero-order chi connectivity index (χ0) is 14.5. The molecule has 4 heteroatoms. The van der Waals surface area contributed by atoms with Crippen LogP contribution in [0.3, 0.4) is 0 Å². The maximum Gasteiger partial charge on any atom is 0.225 e.